The summed E-state index contributed by atoms with van der Waals surface area (Å²) < 4.78 is 117. The third-order valence-electron chi connectivity index (χ3n) is 7.33. The van der Waals surface area contributed by atoms with E-state index >= 15 is 0 Å². The molecule has 8 nitrogen and oxygen atoms in total. The van der Waals surface area contributed by atoms with Gasteiger partial charge in [0.05, 0.1) is 24.6 Å². The first-order chi connectivity index (χ1) is 18.0. The summed E-state index contributed by atoms with van der Waals surface area (Å²) >= 11 is 0. The maximum atomic E-state index is 13.9. The minimum absolute atomic E-state index is 0.0367. The first-order valence-corrected chi connectivity index (χ1v) is 13.7. The normalized spacial score (nSPS) is 24.8. The Hall–Kier alpha value is -2.46. The topological polar surface area (TPSA) is 90.0 Å². The standard InChI is InChI=1S/C23H27F7N4O4S/c24-21(23(28,29)30)13-33(14-21)39(37,38)32-9-1-3-16(12-32)20(36)34-10-2-4-18(34)19(35)31-11-15-5-7-17(8-6-15)22(25,26)27/h5-8,16,18H,1-4,9-14H2,(H,31,35)/t16?,18-/m1/s1. The fourth-order valence-corrected chi connectivity index (χ4v) is 6.82. The van der Waals surface area contributed by atoms with Gasteiger partial charge < -0.3 is 10.2 Å². The van der Waals surface area contributed by atoms with E-state index in [1.165, 1.54) is 17.0 Å². The minimum Gasteiger partial charge on any atom is -0.350 e. The molecule has 2 amide bonds. The average Bonchev–Trinajstić information content (AvgIpc) is 3.34. The number of carbonyl (C=O) groups is 2. The molecule has 2 atom stereocenters. The molecule has 3 fully saturated rings. The molecule has 39 heavy (non-hydrogen) atoms. The van der Waals surface area contributed by atoms with Crippen molar-refractivity contribution in [3.8, 4) is 0 Å². The van der Waals surface area contributed by atoms with Crippen LogP contribution in [0.15, 0.2) is 24.3 Å². The van der Waals surface area contributed by atoms with Crippen LogP contribution >= 0.6 is 0 Å². The number of benzene rings is 1. The number of rotatable bonds is 6. The molecule has 0 aromatic heterocycles. The third kappa shape index (κ3) is 6.01. The van der Waals surface area contributed by atoms with Crippen molar-refractivity contribution in [3.05, 3.63) is 35.4 Å². The van der Waals surface area contributed by atoms with Gasteiger partial charge in [-0.25, -0.2) is 4.39 Å². The molecule has 0 bridgehead atoms. The quantitative estimate of drug-likeness (QED) is 0.518. The highest BCUT2D eigenvalue weighted by molar-refractivity contribution is 7.86. The van der Waals surface area contributed by atoms with Crippen LogP contribution in [0.25, 0.3) is 0 Å². The fourth-order valence-electron chi connectivity index (χ4n) is 5.03. The number of hydrogen-bond donors (Lipinski definition) is 1. The summed E-state index contributed by atoms with van der Waals surface area (Å²) in [4.78, 5) is 27.4. The monoisotopic (exact) mass is 588 g/mol. The Morgan fingerprint density at radius 2 is 1.56 bits per heavy atom. The highest BCUT2D eigenvalue weighted by Crippen LogP contribution is 2.43. The summed E-state index contributed by atoms with van der Waals surface area (Å²) in [5.74, 6) is -1.82. The zero-order valence-corrected chi connectivity index (χ0v) is 21.4. The molecule has 0 saturated carbocycles. The average molecular weight is 589 g/mol. The van der Waals surface area contributed by atoms with Crippen molar-refractivity contribution in [2.45, 2.75) is 56.3 Å². The predicted molar refractivity (Wildman–Crippen MR) is 123 cm³/mol. The van der Waals surface area contributed by atoms with Crippen LogP contribution in [0.1, 0.15) is 36.8 Å². The largest absolute Gasteiger partial charge is 0.425 e. The number of nitrogens with one attached hydrogen (secondary N) is 1. The highest BCUT2D eigenvalue weighted by Gasteiger charge is 2.66. The molecular weight excluding hydrogens is 561 g/mol. The number of alkyl halides is 7. The Balaban J connectivity index is 1.34. The van der Waals surface area contributed by atoms with Gasteiger partial charge in [-0.2, -0.15) is 43.4 Å². The number of carbonyl (C=O) groups excluding carboxylic acids is 2. The second-order valence-electron chi connectivity index (χ2n) is 10.0. The zero-order chi connectivity index (χ0) is 28.8. The zero-order valence-electron chi connectivity index (χ0n) is 20.6. The van der Waals surface area contributed by atoms with E-state index in [-0.39, 0.29) is 32.6 Å². The van der Waals surface area contributed by atoms with E-state index in [0.29, 0.717) is 29.1 Å². The fraction of sp³-hybridized carbons (Fsp3) is 0.652. The molecule has 0 spiro atoms. The number of nitrogens with zero attached hydrogens (tertiary/aromatic N) is 3. The SMILES string of the molecule is O=C(NCc1ccc(C(F)(F)F)cc1)[C@H]1CCCN1C(=O)C1CCCN(S(=O)(=O)N2CC(F)(C(F)(F)F)C2)C1. The van der Waals surface area contributed by atoms with Crippen LogP contribution < -0.4 is 5.32 Å². The van der Waals surface area contributed by atoms with Gasteiger partial charge in [0.25, 0.3) is 10.2 Å². The van der Waals surface area contributed by atoms with E-state index < -0.39 is 70.7 Å². The van der Waals surface area contributed by atoms with Crippen LogP contribution in [0.3, 0.4) is 0 Å². The predicted octanol–water partition coefficient (Wildman–Crippen LogP) is 2.86. The molecule has 3 saturated heterocycles. The summed E-state index contributed by atoms with van der Waals surface area (Å²) in [5.41, 5.74) is -4.01. The van der Waals surface area contributed by atoms with Crippen LogP contribution in [-0.2, 0) is 32.5 Å². The lowest BCUT2D eigenvalue weighted by Gasteiger charge is -2.46. The highest BCUT2D eigenvalue weighted by atomic mass is 32.2. The summed E-state index contributed by atoms with van der Waals surface area (Å²) in [5, 5.41) is 2.62. The second kappa shape index (κ2) is 10.5. The first kappa shape index (κ1) is 29.5. The van der Waals surface area contributed by atoms with Crippen molar-refractivity contribution >= 4 is 22.0 Å². The van der Waals surface area contributed by atoms with E-state index in [1.807, 2.05) is 0 Å². The van der Waals surface area contributed by atoms with Crippen LogP contribution in [-0.4, -0.2) is 84.4 Å². The molecule has 0 radical (unpaired) electrons. The lowest BCUT2D eigenvalue weighted by atomic mass is 9.97. The number of amides is 2. The van der Waals surface area contributed by atoms with Crippen molar-refractivity contribution < 1.29 is 48.7 Å². The Morgan fingerprint density at radius 1 is 0.949 bits per heavy atom. The Kier molecular flexibility index (Phi) is 7.95. The van der Waals surface area contributed by atoms with Crippen molar-refractivity contribution in [3.63, 3.8) is 0 Å². The molecule has 1 N–H and O–H groups in total. The van der Waals surface area contributed by atoms with Gasteiger partial charge in [-0.1, -0.05) is 12.1 Å². The molecule has 1 unspecified atom stereocenters. The second-order valence-corrected chi connectivity index (χ2v) is 12.0. The molecule has 3 heterocycles. The minimum atomic E-state index is -5.20. The molecule has 3 aliphatic heterocycles. The molecule has 0 aliphatic carbocycles. The molecular formula is C23H27F7N4O4S. The van der Waals surface area contributed by atoms with Crippen LogP contribution in [0, 0.1) is 5.92 Å². The van der Waals surface area contributed by atoms with Gasteiger partial charge in [0, 0.05) is 26.2 Å². The van der Waals surface area contributed by atoms with E-state index in [1.54, 1.807) is 0 Å². The number of piperidine rings is 1. The summed E-state index contributed by atoms with van der Waals surface area (Å²) in [6.45, 7) is -2.86. The van der Waals surface area contributed by atoms with Crippen molar-refractivity contribution in [1.29, 1.82) is 0 Å². The maximum absolute atomic E-state index is 13.9. The lowest BCUT2D eigenvalue weighted by molar-refractivity contribution is -0.259. The Morgan fingerprint density at radius 3 is 2.15 bits per heavy atom. The summed E-state index contributed by atoms with van der Waals surface area (Å²) in [7, 11) is -4.42. The summed E-state index contributed by atoms with van der Waals surface area (Å²) in [6.07, 6.45) is -8.29. The van der Waals surface area contributed by atoms with Gasteiger partial charge in [0.1, 0.15) is 6.04 Å². The van der Waals surface area contributed by atoms with E-state index in [2.05, 4.69) is 5.32 Å². The Bertz CT molecular complexity index is 1180. The van der Waals surface area contributed by atoms with Crippen molar-refractivity contribution in [2.75, 3.05) is 32.7 Å². The van der Waals surface area contributed by atoms with Gasteiger partial charge in [-0.3, -0.25) is 9.59 Å². The first-order valence-electron chi connectivity index (χ1n) is 12.3. The third-order valence-corrected chi connectivity index (χ3v) is 9.23. The van der Waals surface area contributed by atoms with Crippen LogP contribution in [0.5, 0.6) is 0 Å². The van der Waals surface area contributed by atoms with E-state index in [4.69, 9.17) is 0 Å². The maximum Gasteiger partial charge on any atom is 0.425 e. The van der Waals surface area contributed by atoms with E-state index in [9.17, 15) is 48.7 Å². The summed E-state index contributed by atoms with van der Waals surface area (Å²) in [6, 6.07) is 3.40. The lowest BCUT2D eigenvalue weighted by Crippen LogP contribution is -2.69. The molecule has 1 aromatic rings. The van der Waals surface area contributed by atoms with Crippen LogP contribution in [0.4, 0.5) is 30.7 Å². The van der Waals surface area contributed by atoms with Crippen molar-refractivity contribution in [1.82, 2.24) is 18.8 Å². The Labute approximate surface area is 220 Å². The van der Waals surface area contributed by atoms with Crippen molar-refractivity contribution in [2.24, 2.45) is 5.92 Å². The molecule has 16 heteroatoms. The van der Waals surface area contributed by atoms with E-state index in [0.717, 1.165) is 16.4 Å². The number of likely N-dealkylation sites (tertiary alicyclic amines) is 1. The van der Waals surface area contributed by atoms with Gasteiger partial charge >= 0.3 is 12.4 Å². The van der Waals surface area contributed by atoms with Gasteiger partial charge in [-0.05, 0) is 43.4 Å². The van der Waals surface area contributed by atoms with Crippen LogP contribution in [0.2, 0.25) is 0 Å². The smallest absolute Gasteiger partial charge is 0.350 e. The molecule has 4 rings (SSSR count). The van der Waals surface area contributed by atoms with Gasteiger partial charge in [-0.15, -0.1) is 0 Å². The number of hydrogen-bond acceptors (Lipinski definition) is 4. The molecule has 3 aliphatic rings. The molecule has 218 valence electrons. The van der Waals surface area contributed by atoms with Gasteiger partial charge in [0.2, 0.25) is 17.5 Å². The molecule has 1 aromatic carbocycles. The van der Waals surface area contributed by atoms with Gasteiger partial charge in [0.15, 0.2) is 0 Å². The number of halogens is 7.